The fourth-order valence-electron chi connectivity index (χ4n) is 3.25. The molecule has 0 aromatic heterocycles. The fraction of sp³-hybridized carbons (Fsp3) is 0.368. The zero-order chi connectivity index (χ0) is 15.9. The SMILES string of the molecule is Cc1c(C)c(C(C)(C)c2ccc(O)cc2)c(C)c(C)c1O. The molecule has 0 aliphatic rings. The van der Waals surface area contributed by atoms with Crippen molar-refractivity contribution < 1.29 is 10.2 Å². The lowest BCUT2D eigenvalue weighted by Gasteiger charge is -2.32. The molecular weight excluding hydrogens is 260 g/mol. The largest absolute Gasteiger partial charge is 0.508 e. The Morgan fingerprint density at radius 3 is 1.57 bits per heavy atom. The van der Waals surface area contributed by atoms with Crippen molar-refractivity contribution >= 4 is 0 Å². The Labute approximate surface area is 127 Å². The number of aromatic hydroxyl groups is 2. The molecule has 0 aliphatic carbocycles. The number of hydrogen-bond acceptors (Lipinski definition) is 2. The van der Waals surface area contributed by atoms with Crippen LogP contribution < -0.4 is 0 Å². The highest BCUT2D eigenvalue weighted by atomic mass is 16.3. The summed E-state index contributed by atoms with van der Waals surface area (Å²) in [4.78, 5) is 0. The first kappa shape index (κ1) is 15.4. The fourth-order valence-corrected chi connectivity index (χ4v) is 3.25. The van der Waals surface area contributed by atoms with Crippen LogP contribution in [0.2, 0.25) is 0 Å². The van der Waals surface area contributed by atoms with Gasteiger partial charge in [0.25, 0.3) is 0 Å². The van der Waals surface area contributed by atoms with E-state index >= 15 is 0 Å². The van der Waals surface area contributed by atoms with E-state index in [1.54, 1.807) is 12.1 Å². The van der Waals surface area contributed by atoms with Gasteiger partial charge in [-0.1, -0.05) is 26.0 Å². The molecule has 2 aromatic carbocycles. The zero-order valence-corrected chi connectivity index (χ0v) is 13.7. The number of phenolic OH excluding ortho intramolecular Hbond substituents is 2. The van der Waals surface area contributed by atoms with Crippen LogP contribution in [0.5, 0.6) is 11.5 Å². The van der Waals surface area contributed by atoms with Gasteiger partial charge >= 0.3 is 0 Å². The lowest BCUT2D eigenvalue weighted by atomic mass is 9.72. The van der Waals surface area contributed by atoms with Gasteiger partial charge in [-0.25, -0.2) is 0 Å². The number of benzene rings is 2. The lowest BCUT2D eigenvalue weighted by Crippen LogP contribution is -2.23. The zero-order valence-electron chi connectivity index (χ0n) is 13.7. The molecule has 0 heterocycles. The highest BCUT2D eigenvalue weighted by Gasteiger charge is 2.29. The van der Waals surface area contributed by atoms with Crippen LogP contribution in [0, 0.1) is 27.7 Å². The number of rotatable bonds is 2. The first-order valence-electron chi connectivity index (χ1n) is 7.27. The molecule has 0 saturated heterocycles. The Morgan fingerprint density at radius 2 is 1.14 bits per heavy atom. The van der Waals surface area contributed by atoms with Crippen LogP contribution in [-0.4, -0.2) is 10.2 Å². The van der Waals surface area contributed by atoms with E-state index in [1.807, 2.05) is 26.0 Å². The molecule has 2 rings (SSSR count). The van der Waals surface area contributed by atoms with Gasteiger partial charge in [0.05, 0.1) is 0 Å². The van der Waals surface area contributed by atoms with Crippen molar-refractivity contribution in [2.75, 3.05) is 0 Å². The Hall–Kier alpha value is -1.96. The van der Waals surface area contributed by atoms with E-state index < -0.39 is 0 Å². The van der Waals surface area contributed by atoms with Crippen molar-refractivity contribution in [2.24, 2.45) is 0 Å². The van der Waals surface area contributed by atoms with Crippen LogP contribution in [0.4, 0.5) is 0 Å². The predicted octanol–water partition coefficient (Wildman–Crippen LogP) is 4.66. The van der Waals surface area contributed by atoms with Crippen LogP contribution in [-0.2, 0) is 5.41 Å². The van der Waals surface area contributed by atoms with Crippen LogP contribution >= 0.6 is 0 Å². The predicted molar refractivity (Wildman–Crippen MR) is 87.3 cm³/mol. The van der Waals surface area contributed by atoms with Gasteiger partial charge in [-0.3, -0.25) is 0 Å². The summed E-state index contributed by atoms with van der Waals surface area (Å²) in [5, 5.41) is 19.7. The van der Waals surface area contributed by atoms with Crippen LogP contribution in [0.1, 0.15) is 47.2 Å². The minimum atomic E-state index is -0.189. The van der Waals surface area contributed by atoms with Crippen molar-refractivity contribution in [3.63, 3.8) is 0 Å². The highest BCUT2D eigenvalue weighted by molar-refractivity contribution is 5.58. The summed E-state index contributed by atoms with van der Waals surface area (Å²) in [5.74, 6) is 0.677. The Kier molecular flexibility index (Phi) is 3.75. The second-order valence-electron chi connectivity index (χ2n) is 6.40. The molecule has 2 aromatic rings. The van der Waals surface area contributed by atoms with Crippen LogP contribution in [0.25, 0.3) is 0 Å². The van der Waals surface area contributed by atoms with Crippen molar-refractivity contribution in [3.8, 4) is 11.5 Å². The summed E-state index contributed by atoms with van der Waals surface area (Å²) < 4.78 is 0. The van der Waals surface area contributed by atoms with E-state index in [1.165, 1.54) is 5.56 Å². The summed E-state index contributed by atoms with van der Waals surface area (Å²) in [6.07, 6.45) is 0. The Morgan fingerprint density at radius 1 is 0.714 bits per heavy atom. The first-order chi connectivity index (χ1) is 9.67. The molecule has 0 saturated carbocycles. The van der Waals surface area contributed by atoms with E-state index in [-0.39, 0.29) is 11.2 Å². The molecule has 0 amide bonds. The summed E-state index contributed by atoms with van der Waals surface area (Å²) in [6.45, 7) is 12.4. The van der Waals surface area contributed by atoms with Gasteiger partial charge < -0.3 is 10.2 Å². The Bertz CT molecular complexity index is 651. The summed E-state index contributed by atoms with van der Waals surface area (Å²) in [7, 11) is 0. The topological polar surface area (TPSA) is 40.5 Å². The molecule has 2 N–H and O–H groups in total. The average molecular weight is 284 g/mol. The lowest BCUT2D eigenvalue weighted by molar-refractivity contribution is 0.464. The third kappa shape index (κ3) is 2.39. The molecule has 0 spiro atoms. The van der Waals surface area contributed by atoms with Gasteiger partial charge in [0.2, 0.25) is 0 Å². The first-order valence-corrected chi connectivity index (χ1v) is 7.27. The maximum atomic E-state index is 10.2. The van der Waals surface area contributed by atoms with Gasteiger partial charge in [0.15, 0.2) is 0 Å². The van der Waals surface area contributed by atoms with E-state index in [2.05, 4.69) is 27.7 Å². The molecule has 21 heavy (non-hydrogen) atoms. The maximum absolute atomic E-state index is 10.2. The van der Waals surface area contributed by atoms with E-state index in [4.69, 9.17) is 0 Å². The normalized spacial score (nSPS) is 11.7. The number of hydrogen-bond donors (Lipinski definition) is 2. The molecule has 2 heteroatoms. The quantitative estimate of drug-likeness (QED) is 0.842. The molecule has 112 valence electrons. The third-order valence-corrected chi connectivity index (χ3v) is 4.80. The minimum absolute atomic E-state index is 0.189. The summed E-state index contributed by atoms with van der Waals surface area (Å²) in [5.41, 5.74) is 6.37. The van der Waals surface area contributed by atoms with Gasteiger partial charge in [0, 0.05) is 5.41 Å². The molecule has 0 radical (unpaired) electrons. The van der Waals surface area contributed by atoms with Crippen molar-refractivity contribution in [2.45, 2.75) is 47.0 Å². The smallest absolute Gasteiger partial charge is 0.121 e. The monoisotopic (exact) mass is 284 g/mol. The second-order valence-corrected chi connectivity index (χ2v) is 6.40. The van der Waals surface area contributed by atoms with E-state index in [9.17, 15) is 10.2 Å². The standard InChI is InChI=1S/C19H24O2/c1-11-13(3)18(21)14(4)12(2)17(11)19(5,6)15-7-9-16(20)10-8-15/h7-10,20-21H,1-6H3. The summed E-state index contributed by atoms with van der Waals surface area (Å²) >= 11 is 0. The molecular formula is C19H24O2. The number of phenols is 2. The van der Waals surface area contributed by atoms with Gasteiger partial charge in [-0.15, -0.1) is 0 Å². The third-order valence-electron chi connectivity index (χ3n) is 4.80. The van der Waals surface area contributed by atoms with Gasteiger partial charge in [0.1, 0.15) is 11.5 Å². The van der Waals surface area contributed by atoms with Gasteiger partial charge in [-0.2, -0.15) is 0 Å². The minimum Gasteiger partial charge on any atom is -0.508 e. The molecule has 2 nitrogen and oxygen atoms in total. The van der Waals surface area contributed by atoms with Crippen molar-refractivity contribution in [3.05, 3.63) is 57.6 Å². The van der Waals surface area contributed by atoms with Crippen LogP contribution in [0.15, 0.2) is 24.3 Å². The van der Waals surface area contributed by atoms with Crippen molar-refractivity contribution in [1.82, 2.24) is 0 Å². The van der Waals surface area contributed by atoms with Crippen LogP contribution in [0.3, 0.4) is 0 Å². The van der Waals surface area contributed by atoms with Crippen molar-refractivity contribution in [1.29, 1.82) is 0 Å². The van der Waals surface area contributed by atoms with Gasteiger partial charge in [-0.05, 0) is 73.2 Å². The molecule has 0 bridgehead atoms. The molecule has 0 aliphatic heterocycles. The molecule has 0 atom stereocenters. The Balaban J connectivity index is 2.73. The maximum Gasteiger partial charge on any atom is 0.121 e. The average Bonchev–Trinajstić information content (AvgIpc) is 2.43. The molecule has 0 fully saturated rings. The molecule has 0 unspecified atom stereocenters. The van der Waals surface area contributed by atoms with E-state index in [0.717, 1.165) is 27.8 Å². The van der Waals surface area contributed by atoms with E-state index in [0.29, 0.717) is 5.75 Å². The summed E-state index contributed by atoms with van der Waals surface area (Å²) in [6, 6.07) is 7.38. The highest BCUT2D eigenvalue weighted by Crippen LogP contribution is 2.41. The second kappa shape index (κ2) is 5.10.